The summed E-state index contributed by atoms with van der Waals surface area (Å²) < 4.78 is 6.97. The van der Waals surface area contributed by atoms with Crippen LogP contribution in [0.3, 0.4) is 0 Å². The molecular formula is C66H48N2O2. The molecule has 1 N–H and O–H groups in total. The number of hydrogen-bond acceptors (Lipinski definition) is 4. The summed E-state index contributed by atoms with van der Waals surface area (Å²) >= 11 is 0. The highest BCUT2D eigenvalue weighted by Gasteiger charge is 2.25. The third-order valence-electron chi connectivity index (χ3n) is 12.5. The van der Waals surface area contributed by atoms with E-state index in [0.717, 1.165) is 95.5 Å². The number of nitrogens with zero attached hydrogens (tertiary/aromatic N) is 2. The van der Waals surface area contributed by atoms with E-state index in [9.17, 15) is 5.11 Å². The van der Waals surface area contributed by atoms with Crippen LogP contribution in [0.1, 0.15) is 0 Å². The summed E-state index contributed by atoms with van der Waals surface area (Å²) in [5.74, 6) is 1.61. The Hall–Kier alpha value is -9.38. The van der Waals surface area contributed by atoms with Crippen LogP contribution in [-0.4, -0.2) is 5.11 Å². The van der Waals surface area contributed by atoms with E-state index >= 15 is 0 Å². The monoisotopic (exact) mass is 900 g/mol. The lowest BCUT2D eigenvalue weighted by Gasteiger charge is -2.32. The number of rotatable bonds is 13. The SMILES string of the molecule is Oc1cc(-c2ccccc2)cc(N(c2ccccc2)c2cccc(N(c3cc(Oc4cccc(-c5ccccc5)c4)cc(-c4ccccc4)c3)c3c(-c4ccccc4)cccc3-c3ccccc3)c2)c1. The van der Waals surface area contributed by atoms with Crippen molar-refractivity contribution < 1.29 is 9.84 Å². The number of anilines is 6. The summed E-state index contributed by atoms with van der Waals surface area (Å²) in [5.41, 5.74) is 16.0. The minimum atomic E-state index is 0.180. The van der Waals surface area contributed by atoms with Gasteiger partial charge in [-0.2, -0.15) is 0 Å². The lowest BCUT2D eigenvalue weighted by Crippen LogP contribution is -2.15. The van der Waals surface area contributed by atoms with Gasteiger partial charge in [0.05, 0.1) is 17.1 Å². The van der Waals surface area contributed by atoms with Gasteiger partial charge in [-0.1, -0.05) is 206 Å². The first-order chi connectivity index (χ1) is 34.6. The van der Waals surface area contributed by atoms with E-state index in [0.29, 0.717) is 5.75 Å². The van der Waals surface area contributed by atoms with E-state index in [2.05, 4.69) is 222 Å². The number of benzene rings is 11. The second-order valence-electron chi connectivity index (χ2n) is 17.1. The van der Waals surface area contributed by atoms with Crippen LogP contribution in [0.4, 0.5) is 34.1 Å². The summed E-state index contributed by atoms with van der Waals surface area (Å²) in [7, 11) is 0. The van der Waals surface area contributed by atoms with E-state index in [4.69, 9.17) is 4.74 Å². The van der Waals surface area contributed by atoms with Crippen molar-refractivity contribution in [3.63, 3.8) is 0 Å². The van der Waals surface area contributed by atoms with Crippen molar-refractivity contribution in [2.45, 2.75) is 0 Å². The van der Waals surface area contributed by atoms with Gasteiger partial charge in [0.1, 0.15) is 17.2 Å². The lowest BCUT2D eigenvalue weighted by atomic mass is 9.94. The van der Waals surface area contributed by atoms with E-state index in [1.54, 1.807) is 0 Å². The molecule has 0 radical (unpaired) electrons. The van der Waals surface area contributed by atoms with Gasteiger partial charge in [0, 0.05) is 40.3 Å². The van der Waals surface area contributed by atoms with Crippen molar-refractivity contribution >= 4 is 34.1 Å². The minimum absolute atomic E-state index is 0.180. The molecule has 11 rings (SSSR count). The molecule has 0 atom stereocenters. The Balaban J connectivity index is 1.16. The standard InChI is InChI=1S/C66H48N2O2/c69-61-42-54(49-24-9-2-10-25-49)40-59(46-61)67(56-33-17-6-18-34-56)57-35-20-36-58(45-57)68(66-64(51-28-13-4-14-29-51)38-21-39-65(66)52-30-15-5-16-31-52)60-41-55(50-26-11-3-12-27-50)44-63(47-60)70-62-37-19-32-53(43-62)48-22-7-1-8-23-48/h1-47,69H. The van der Waals surface area contributed by atoms with E-state index in [-0.39, 0.29) is 5.75 Å². The molecule has 0 saturated heterocycles. The summed E-state index contributed by atoms with van der Waals surface area (Å²) in [6.45, 7) is 0. The van der Waals surface area contributed by atoms with Crippen molar-refractivity contribution in [1.82, 2.24) is 0 Å². The topological polar surface area (TPSA) is 35.9 Å². The van der Waals surface area contributed by atoms with Gasteiger partial charge < -0.3 is 19.6 Å². The zero-order valence-corrected chi connectivity index (χ0v) is 38.4. The Labute approximate surface area is 409 Å². The number of aromatic hydroxyl groups is 1. The molecule has 70 heavy (non-hydrogen) atoms. The predicted octanol–water partition coefficient (Wildman–Crippen LogP) is 18.5. The average Bonchev–Trinajstić information content (AvgIpc) is 3.43. The average molecular weight is 901 g/mol. The van der Waals surface area contributed by atoms with Crippen molar-refractivity contribution in [1.29, 1.82) is 0 Å². The van der Waals surface area contributed by atoms with Gasteiger partial charge in [0.25, 0.3) is 0 Å². The molecule has 0 bridgehead atoms. The fraction of sp³-hybridized carbons (Fsp3) is 0. The van der Waals surface area contributed by atoms with Crippen LogP contribution < -0.4 is 14.5 Å². The zero-order chi connectivity index (χ0) is 47.1. The summed E-state index contributed by atoms with van der Waals surface area (Å²) in [6, 6.07) is 98.6. The maximum absolute atomic E-state index is 11.4. The number of hydrogen-bond donors (Lipinski definition) is 1. The van der Waals surface area contributed by atoms with E-state index in [1.165, 1.54) is 0 Å². The highest BCUT2D eigenvalue weighted by Crippen LogP contribution is 2.50. The molecule has 0 amide bonds. The van der Waals surface area contributed by atoms with Gasteiger partial charge in [-0.25, -0.2) is 0 Å². The third kappa shape index (κ3) is 9.31. The smallest absolute Gasteiger partial charge is 0.130 e. The first-order valence-corrected chi connectivity index (χ1v) is 23.5. The summed E-state index contributed by atoms with van der Waals surface area (Å²) in [4.78, 5) is 4.60. The van der Waals surface area contributed by atoms with Crippen LogP contribution in [0.25, 0.3) is 55.6 Å². The van der Waals surface area contributed by atoms with Crippen molar-refractivity contribution in [3.05, 3.63) is 285 Å². The van der Waals surface area contributed by atoms with Gasteiger partial charge in [-0.05, 0) is 111 Å². The van der Waals surface area contributed by atoms with Crippen LogP contribution >= 0.6 is 0 Å². The van der Waals surface area contributed by atoms with Crippen LogP contribution in [-0.2, 0) is 0 Å². The zero-order valence-electron chi connectivity index (χ0n) is 38.4. The molecule has 0 aliphatic carbocycles. The highest BCUT2D eigenvalue weighted by molar-refractivity contribution is 5.99. The highest BCUT2D eigenvalue weighted by atomic mass is 16.5. The summed E-state index contributed by atoms with van der Waals surface area (Å²) in [5, 5.41) is 11.4. The molecule has 11 aromatic carbocycles. The fourth-order valence-electron chi connectivity index (χ4n) is 9.28. The van der Waals surface area contributed by atoms with Crippen molar-refractivity contribution in [2.75, 3.05) is 9.80 Å². The molecule has 0 fully saturated rings. The lowest BCUT2D eigenvalue weighted by molar-refractivity contribution is 0.475. The number of phenols is 1. The first-order valence-electron chi connectivity index (χ1n) is 23.5. The largest absolute Gasteiger partial charge is 0.508 e. The second-order valence-corrected chi connectivity index (χ2v) is 17.1. The Bertz CT molecular complexity index is 3450. The van der Waals surface area contributed by atoms with Crippen LogP contribution in [0, 0.1) is 0 Å². The maximum atomic E-state index is 11.4. The van der Waals surface area contributed by atoms with Gasteiger partial charge >= 0.3 is 0 Å². The molecule has 0 aliphatic heterocycles. The molecule has 4 heteroatoms. The molecule has 0 saturated carbocycles. The van der Waals surface area contributed by atoms with Gasteiger partial charge in [0.2, 0.25) is 0 Å². The van der Waals surface area contributed by atoms with Crippen molar-refractivity contribution in [3.8, 4) is 72.9 Å². The molecule has 0 unspecified atom stereocenters. The fourth-order valence-corrected chi connectivity index (χ4v) is 9.28. The van der Waals surface area contributed by atoms with Crippen LogP contribution in [0.2, 0.25) is 0 Å². The maximum Gasteiger partial charge on any atom is 0.130 e. The number of para-hydroxylation sites is 2. The second kappa shape index (κ2) is 19.8. The third-order valence-corrected chi connectivity index (χ3v) is 12.5. The molecule has 0 aromatic heterocycles. The van der Waals surface area contributed by atoms with Gasteiger partial charge in [-0.3, -0.25) is 0 Å². The van der Waals surface area contributed by atoms with E-state index < -0.39 is 0 Å². The van der Waals surface area contributed by atoms with Crippen LogP contribution in [0.5, 0.6) is 17.2 Å². The van der Waals surface area contributed by atoms with Gasteiger partial charge in [0.15, 0.2) is 0 Å². The molecule has 11 aromatic rings. The molecule has 4 nitrogen and oxygen atoms in total. The number of ether oxygens (including phenoxy) is 1. The number of phenolic OH excluding ortho intramolecular Hbond substituents is 1. The molecule has 0 heterocycles. The Kier molecular flexibility index (Phi) is 12.2. The molecule has 0 spiro atoms. The minimum Gasteiger partial charge on any atom is -0.508 e. The van der Waals surface area contributed by atoms with E-state index in [1.807, 2.05) is 72.8 Å². The predicted molar refractivity (Wildman–Crippen MR) is 291 cm³/mol. The molecular weight excluding hydrogens is 853 g/mol. The molecule has 0 aliphatic rings. The summed E-state index contributed by atoms with van der Waals surface area (Å²) in [6.07, 6.45) is 0. The quantitative estimate of drug-likeness (QED) is 0.125. The first kappa shape index (κ1) is 43.2. The normalized spacial score (nSPS) is 10.9. The molecule has 334 valence electrons. The van der Waals surface area contributed by atoms with Crippen LogP contribution in [0.15, 0.2) is 285 Å². The Morgan fingerprint density at radius 1 is 0.243 bits per heavy atom. The Morgan fingerprint density at radius 2 is 0.643 bits per heavy atom. The van der Waals surface area contributed by atoms with Gasteiger partial charge in [-0.15, -0.1) is 0 Å². The van der Waals surface area contributed by atoms with Crippen molar-refractivity contribution in [2.24, 2.45) is 0 Å². The Morgan fingerprint density at radius 3 is 1.20 bits per heavy atom.